The molecule has 3 aromatic rings. The van der Waals surface area contributed by atoms with Gasteiger partial charge in [-0.3, -0.25) is 24.0 Å². The van der Waals surface area contributed by atoms with Crippen LogP contribution >= 0.6 is 0 Å². The van der Waals surface area contributed by atoms with Gasteiger partial charge in [0.05, 0.1) is 6.04 Å². The van der Waals surface area contributed by atoms with E-state index in [0.29, 0.717) is 43.6 Å². The number of aliphatic hydroxyl groups is 1. The quantitative estimate of drug-likeness (QED) is 0.0575. The number of halogens is 5. The summed E-state index contributed by atoms with van der Waals surface area (Å²) in [6.07, 6.45) is -1.46. The summed E-state index contributed by atoms with van der Waals surface area (Å²) in [6, 6.07) is 11.1. The van der Waals surface area contributed by atoms with Gasteiger partial charge in [0.15, 0.2) is 0 Å². The van der Waals surface area contributed by atoms with Crippen LogP contribution in [0.15, 0.2) is 60.8 Å². The number of carboxylic acids is 1. The van der Waals surface area contributed by atoms with Crippen molar-refractivity contribution in [1.29, 1.82) is 0 Å². The second kappa shape index (κ2) is 25.6. The summed E-state index contributed by atoms with van der Waals surface area (Å²) in [6.45, 7) is 12.4. The Kier molecular flexibility index (Phi) is 21.7. The van der Waals surface area contributed by atoms with E-state index >= 15 is 4.39 Å². The van der Waals surface area contributed by atoms with Gasteiger partial charge >= 0.3 is 12.1 Å². The molecule has 360 valence electrons. The van der Waals surface area contributed by atoms with Gasteiger partial charge in [0.1, 0.15) is 36.4 Å². The molecule has 20 heteroatoms. The lowest BCUT2D eigenvalue weighted by molar-refractivity contribution is -0.192. The van der Waals surface area contributed by atoms with Gasteiger partial charge in [-0.25, -0.2) is 13.6 Å². The molecule has 3 rings (SSSR count). The van der Waals surface area contributed by atoms with Gasteiger partial charge in [0.2, 0.25) is 29.5 Å². The number of aliphatic hydroxyl groups excluding tert-OH is 1. The van der Waals surface area contributed by atoms with Crippen LogP contribution in [0.2, 0.25) is 0 Å². The van der Waals surface area contributed by atoms with E-state index in [9.17, 15) is 46.6 Å². The first-order chi connectivity index (χ1) is 30.3. The second-order valence-electron chi connectivity index (χ2n) is 16.9. The van der Waals surface area contributed by atoms with Gasteiger partial charge in [0, 0.05) is 49.6 Å². The maximum atomic E-state index is 15.1. The first-order valence-corrected chi connectivity index (χ1v) is 21.1. The van der Waals surface area contributed by atoms with Crippen LogP contribution in [0.1, 0.15) is 91.4 Å². The molecule has 0 aliphatic carbocycles. The Labute approximate surface area is 375 Å². The van der Waals surface area contributed by atoms with E-state index < -0.39 is 83.6 Å². The lowest BCUT2D eigenvalue weighted by atomic mass is 9.83. The Morgan fingerprint density at radius 2 is 1.48 bits per heavy atom. The number of carbonyl (C=O) groups is 6. The Hall–Kier alpha value is -5.89. The standard InChI is InChI=1S/C43H61F2N7O6.C2HF3O2/c1-27(2)38(50-41(57)35(49-29(4)54)16-11-12-19-46)42(58)48-28(3)40(56)47-20-13-21-52(37(55)26-53)39(43(5,6)7)36-22-31(33-23-32(44)17-18-34(33)45)25-51(36)24-30-14-9-8-10-15-30;3-2(4,5)1(6)7/h8-10,14-15,17-18,22-23,25,27-28,35,38-39,53H,11-13,16,19-21,24,26,46H2,1-7H3,(H,47,56)(H,48,58)(H,49,54)(H,50,57);(H,6,7)/t28-,35-,38-,39-;/m0./s1. The van der Waals surface area contributed by atoms with Crippen LogP contribution in [-0.2, 0) is 35.3 Å². The Morgan fingerprint density at radius 3 is 2.02 bits per heavy atom. The summed E-state index contributed by atoms with van der Waals surface area (Å²) in [5.74, 6) is -6.82. The lowest BCUT2D eigenvalue weighted by Gasteiger charge is -2.41. The number of alkyl halides is 3. The number of hydrogen-bond acceptors (Lipinski definition) is 8. The maximum Gasteiger partial charge on any atom is 0.490 e. The number of hydrogen-bond donors (Lipinski definition) is 7. The SMILES string of the molecule is CC(=O)N[C@@H](CCCCN)C(=O)N[C@H](C(=O)N[C@@H](C)C(=O)NCCCN(C(=O)CO)[C@@H](c1cc(-c2cc(F)ccc2F)cn1Cc1ccccc1)C(C)(C)C)C(C)C.O=C(O)C(F)(F)F. The fraction of sp³-hybridized carbons (Fsp3) is 0.511. The topological polar surface area (TPSA) is 225 Å². The van der Waals surface area contributed by atoms with E-state index in [1.807, 2.05) is 55.7 Å². The number of nitrogens with one attached hydrogen (secondary N) is 4. The molecule has 15 nitrogen and oxygen atoms in total. The number of unbranched alkanes of at least 4 members (excludes halogenated alkanes) is 1. The smallest absolute Gasteiger partial charge is 0.475 e. The molecule has 65 heavy (non-hydrogen) atoms. The van der Waals surface area contributed by atoms with Crippen molar-refractivity contribution in [3.05, 3.63) is 83.7 Å². The number of benzene rings is 2. The molecule has 8 N–H and O–H groups in total. The van der Waals surface area contributed by atoms with E-state index in [-0.39, 0.29) is 36.9 Å². The van der Waals surface area contributed by atoms with Gasteiger partial charge in [-0.2, -0.15) is 13.2 Å². The first-order valence-electron chi connectivity index (χ1n) is 21.1. The molecule has 5 amide bonds. The fourth-order valence-corrected chi connectivity index (χ4v) is 6.88. The lowest BCUT2D eigenvalue weighted by Crippen LogP contribution is -2.57. The Morgan fingerprint density at radius 1 is 0.846 bits per heavy atom. The molecular weight excluding hydrogens is 862 g/mol. The molecule has 0 aliphatic rings. The van der Waals surface area contributed by atoms with Crippen molar-refractivity contribution in [1.82, 2.24) is 30.7 Å². The van der Waals surface area contributed by atoms with E-state index in [1.54, 1.807) is 31.0 Å². The molecule has 1 heterocycles. The molecule has 4 atom stereocenters. The number of aromatic nitrogens is 1. The van der Waals surface area contributed by atoms with Gasteiger partial charge < -0.3 is 46.7 Å². The number of carbonyl (C=O) groups excluding carboxylic acids is 5. The largest absolute Gasteiger partial charge is 0.490 e. The van der Waals surface area contributed by atoms with E-state index in [0.717, 1.165) is 23.8 Å². The monoisotopic (exact) mass is 923 g/mol. The summed E-state index contributed by atoms with van der Waals surface area (Å²) in [5.41, 5.74) is 7.03. The van der Waals surface area contributed by atoms with Crippen molar-refractivity contribution < 1.29 is 60.9 Å². The third kappa shape index (κ3) is 17.9. The summed E-state index contributed by atoms with van der Waals surface area (Å²) in [7, 11) is 0. The number of nitrogens with zero attached hydrogens (tertiary/aromatic N) is 2. The molecule has 0 saturated carbocycles. The highest BCUT2D eigenvalue weighted by molar-refractivity contribution is 5.94. The molecule has 0 fully saturated rings. The highest BCUT2D eigenvalue weighted by atomic mass is 19.4. The molecule has 0 spiro atoms. The predicted octanol–water partition coefficient (Wildman–Crippen LogP) is 4.81. The van der Waals surface area contributed by atoms with Crippen molar-refractivity contribution in [3.63, 3.8) is 0 Å². The summed E-state index contributed by atoms with van der Waals surface area (Å²) in [4.78, 5) is 75.3. The fourth-order valence-electron chi connectivity index (χ4n) is 6.88. The van der Waals surface area contributed by atoms with Crippen LogP contribution < -0.4 is 27.0 Å². The van der Waals surface area contributed by atoms with Crippen LogP contribution in [-0.4, -0.2) is 106 Å². The Bertz CT molecular complexity index is 2060. The van der Waals surface area contributed by atoms with Crippen LogP contribution in [0.25, 0.3) is 11.1 Å². The molecule has 0 radical (unpaired) electrons. The minimum Gasteiger partial charge on any atom is -0.475 e. The molecule has 0 aliphatic heterocycles. The van der Waals surface area contributed by atoms with Crippen molar-refractivity contribution >= 4 is 35.5 Å². The second-order valence-corrected chi connectivity index (χ2v) is 16.9. The van der Waals surface area contributed by atoms with Crippen LogP contribution in [0, 0.1) is 23.0 Å². The number of carboxylic acid groups (broad SMARTS) is 1. The molecule has 2 aromatic carbocycles. The van der Waals surface area contributed by atoms with Crippen LogP contribution in [0.5, 0.6) is 0 Å². The maximum absolute atomic E-state index is 15.1. The van der Waals surface area contributed by atoms with Gasteiger partial charge in [-0.05, 0) is 80.3 Å². The summed E-state index contributed by atoms with van der Waals surface area (Å²) in [5, 5.41) is 28.1. The Balaban J connectivity index is 0.00000191. The van der Waals surface area contributed by atoms with Crippen LogP contribution in [0.4, 0.5) is 22.0 Å². The first kappa shape index (κ1) is 55.2. The zero-order valence-corrected chi connectivity index (χ0v) is 37.7. The number of nitrogens with two attached hydrogens (primary N) is 1. The predicted molar refractivity (Wildman–Crippen MR) is 233 cm³/mol. The van der Waals surface area contributed by atoms with Crippen molar-refractivity contribution in [3.8, 4) is 11.1 Å². The van der Waals surface area contributed by atoms with Crippen LogP contribution in [0.3, 0.4) is 0 Å². The van der Waals surface area contributed by atoms with Gasteiger partial charge in [0.25, 0.3) is 0 Å². The zero-order chi connectivity index (χ0) is 49.2. The number of aliphatic carboxylic acids is 1. The van der Waals surface area contributed by atoms with Crippen molar-refractivity contribution in [2.45, 2.75) is 111 Å². The van der Waals surface area contributed by atoms with E-state index in [2.05, 4.69) is 21.3 Å². The summed E-state index contributed by atoms with van der Waals surface area (Å²) < 4.78 is 63.1. The average Bonchev–Trinajstić information content (AvgIpc) is 3.62. The van der Waals surface area contributed by atoms with Crippen molar-refractivity contribution in [2.75, 3.05) is 26.2 Å². The summed E-state index contributed by atoms with van der Waals surface area (Å²) >= 11 is 0. The number of amides is 5. The average molecular weight is 924 g/mol. The highest BCUT2D eigenvalue weighted by Crippen LogP contribution is 2.41. The molecule has 0 saturated heterocycles. The molecular formula is C45H62F5N7O8. The number of rotatable bonds is 21. The van der Waals surface area contributed by atoms with E-state index in [1.165, 1.54) is 13.8 Å². The third-order valence-electron chi connectivity index (χ3n) is 9.99. The zero-order valence-electron chi connectivity index (χ0n) is 37.7. The third-order valence-corrected chi connectivity index (χ3v) is 9.99. The van der Waals surface area contributed by atoms with Gasteiger partial charge in [-0.15, -0.1) is 0 Å². The van der Waals surface area contributed by atoms with Gasteiger partial charge in [-0.1, -0.05) is 65.0 Å². The van der Waals surface area contributed by atoms with Crippen molar-refractivity contribution in [2.24, 2.45) is 17.1 Å². The normalized spacial score (nSPS) is 13.3. The molecule has 1 aromatic heterocycles. The minimum absolute atomic E-state index is 0.0688. The highest BCUT2D eigenvalue weighted by Gasteiger charge is 2.39. The molecule has 0 unspecified atom stereocenters. The van der Waals surface area contributed by atoms with E-state index in [4.69, 9.17) is 15.6 Å². The minimum atomic E-state index is -5.08. The molecule has 0 bridgehead atoms.